The molecule has 3 nitrogen and oxygen atoms in total. The fraction of sp³-hybridized carbons (Fsp3) is 0.455. The fourth-order valence-corrected chi connectivity index (χ4v) is 1.46. The van der Waals surface area contributed by atoms with Gasteiger partial charge in [-0.1, -0.05) is 25.5 Å². The van der Waals surface area contributed by atoms with Crippen LogP contribution in [-0.4, -0.2) is 12.2 Å². The van der Waals surface area contributed by atoms with Crippen molar-refractivity contribution in [3.05, 3.63) is 23.8 Å². The highest BCUT2D eigenvalue weighted by atomic mass is 16.5. The number of para-hydroxylation sites is 1. The van der Waals surface area contributed by atoms with Crippen LogP contribution in [0.3, 0.4) is 0 Å². The summed E-state index contributed by atoms with van der Waals surface area (Å²) in [5, 5.41) is 9.79. The Morgan fingerprint density at radius 2 is 2.21 bits per heavy atom. The number of aliphatic hydroxyl groups is 1. The number of hydrogen-bond acceptors (Lipinski definition) is 3. The first-order valence-corrected chi connectivity index (χ1v) is 4.81. The Hall–Kier alpha value is -1.22. The molecule has 1 atom stereocenters. The zero-order valence-corrected chi connectivity index (χ0v) is 8.66. The van der Waals surface area contributed by atoms with E-state index in [1.54, 1.807) is 13.2 Å². The standard InChI is InChI=1S/C11H17NO2/c1-3-5-9(13)8-6-4-7-10(14-2)11(8)12/h4,6-7,9,13H,3,5,12H2,1-2H3. The van der Waals surface area contributed by atoms with Crippen molar-refractivity contribution in [3.8, 4) is 5.75 Å². The maximum Gasteiger partial charge on any atom is 0.142 e. The first-order chi connectivity index (χ1) is 6.70. The largest absolute Gasteiger partial charge is 0.495 e. The highest BCUT2D eigenvalue weighted by Crippen LogP contribution is 2.31. The molecule has 0 fully saturated rings. The minimum Gasteiger partial charge on any atom is -0.495 e. The zero-order valence-electron chi connectivity index (χ0n) is 8.66. The number of nitrogen functional groups attached to an aromatic ring is 1. The van der Waals surface area contributed by atoms with E-state index in [2.05, 4.69) is 0 Å². The van der Waals surface area contributed by atoms with Crippen LogP contribution < -0.4 is 10.5 Å². The Bertz CT molecular complexity index is 299. The van der Waals surface area contributed by atoms with Crippen molar-refractivity contribution in [1.29, 1.82) is 0 Å². The first-order valence-electron chi connectivity index (χ1n) is 4.81. The monoisotopic (exact) mass is 195 g/mol. The highest BCUT2D eigenvalue weighted by molar-refractivity contribution is 5.59. The molecule has 0 heterocycles. The van der Waals surface area contributed by atoms with E-state index in [4.69, 9.17) is 10.5 Å². The fourth-order valence-electron chi connectivity index (χ4n) is 1.46. The van der Waals surface area contributed by atoms with Crippen LogP contribution in [0.25, 0.3) is 0 Å². The number of anilines is 1. The molecule has 0 spiro atoms. The van der Waals surface area contributed by atoms with Crippen molar-refractivity contribution >= 4 is 5.69 Å². The van der Waals surface area contributed by atoms with Gasteiger partial charge < -0.3 is 15.6 Å². The summed E-state index contributed by atoms with van der Waals surface area (Å²) < 4.78 is 5.08. The molecule has 0 aromatic heterocycles. The van der Waals surface area contributed by atoms with Crippen molar-refractivity contribution in [2.75, 3.05) is 12.8 Å². The number of rotatable bonds is 4. The maximum atomic E-state index is 9.79. The van der Waals surface area contributed by atoms with Gasteiger partial charge in [0.25, 0.3) is 0 Å². The van der Waals surface area contributed by atoms with E-state index < -0.39 is 6.10 Å². The quantitative estimate of drug-likeness (QED) is 0.723. The van der Waals surface area contributed by atoms with Crippen molar-refractivity contribution in [3.63, 3.8) is 0 Å². The van der Waals surface area contributed by atoms with Gasteiger partial charge in [-0.05, 0) is 12.5 Å². The Morgan fingerprint density at radius 1 is 1.50 bits per heavy atom. The molecule has 0 saturated heterocycles. The van der Waals surface area contributed by atoms with Gasteiger partial charge in [0.05, 0.1) is 18.9 Å². The van der Waals surface area contributed by atoms with Crippen molar-refractivity contribution in [1.82, 2.24) is 0 Å². The lowest BCUT2D eigenvalue weighted by atomic mass is 10.0. The molecule has 0 aliphatic heterocycles. The molecule has 0 bridgehead atoms. The van der Waals surface area contributed by atoms with E-state index in [1.807, 2.05) is 19.1 Å². The molecule has 0 aliphatic rings. The van der Waals surface area contributed by atoms with Gasteiger partial charge >= 0.3 is 0 Å². The predicted molar refractivity (Wildman–Crippen MR) is 57.3 cm³/mol. The minimum atomic E-state index is -0.491. The number of aliphatic hydroxyl groups excluding tert-OH is 1. The van der Waals surface area contributed by atoms with Crippen molar-refractivity contribution in [2.45, 2.75) is 25.9 Å². The summed E-state index contributed by atoms with van der Waals surface area (Å²) in [6, 6.07) is 5.46. The van der Waals surface area contributed by atoms with E-state index >= 15 is 0 Å². The lowest BCUT2D eigenvalue weighted by Gasteiger charge is -2.14. The van der Waals surface area contributed by atoms with Crippen LogP contribution in [0.4, 0.5) is 5.69 Å². The van der Waals surface area contributed by atoms with Crippen LogP contribution in [0.5, 0.6) is 5.75 Å². The highest BCUT2D eigenvalue weighted by Gasteiger charge is 2.12. The molecule has 0 aliphatic carbocycles. The molecular formula is C11H17NO2. The van der Waals surface area contributed by atoms with E-state index in [1.165, 1.54) is 0 Å². The SMILES string of the molecule is CCCC(O)c1cccc(OC)c1N. The van der Waals surface area contributed by atoms with E-state index in [0.29, 0.717) is 11.4 Å². The number of nitrogens with two attached hydrogens (primary N) is 1. The summed E-state index contributed by atoms with van der Waals surface area (Å²) in [5.74, 6) is 0.623. The second-order valence-electron chi connectivity index (χ2n) is 3.27. The number of benzene rings is 1. The summed E-state index contributed by atoms with van der Waals surface area (Å²) in [7, 11) is 1.57. The van der Waals surface area contributed by atoms with E-state index in [0.717, 1.165) is 18.4 Å². The van der Waals surface area contributed by atoms with Gasteiger partial charge in [0.15, 0.2) is 0 Å². The Labute approximate surface area is 84.5 Å². The predicted octanol–water partition coefficient (Wildman–Crippen LogP) is 2.11. The molecular weight excluding hydrogens is 178 g/mol. The molecule has 0 amide bonds. The first kappa shape index (κ1) is 10.9. The third kappa shape index (κ3) is 2.17. The second kappa shape index (κ2) is 4.86. The second-order valence-corrected chi connectivity index (χ2v) is 3.27. The lowest BCUT2D eigenvalue weighted by molar-refractivity contribution is 0.167. The molecule has 3 N–H and O–H groups in total. The van der Waals surface area contributed by atoms with Crippen molar-refractivity contribution in [2.24, 2.45) is 0 Å². The van der Waals surface area contributed by atoms with Crippen LogP contribution in [0, 0.1) is 0 Å². The summed E-state index contributed by atoms with van der Waals surface area (Å²) in [5.41, 5.74) is 7.13. The van der Waals surface area contributed by atoms with Gasteiger partial charge in [0.2, 0.25) is 0 Å². The van der Waals surface area contributed by atoms with Crippen LogP contribution in [0.15, 0.2) is 18.2 Å². The summed E-state index contributed by atoms with van der Waals surface area (Å²) in [6.07, 6.45) is 1.16. The van der Waals surface area contributed by atoms with E-state index in [9.17, 15) is 5.11 Å². The van der Waals surface area contributed by atoms with Crippen LogP contribution in [0.2, 0.25) is 0 Å². The molecule has 0 saturated carbocycles. The van der Waals surface area contributed by atoms with Gasteiger partial charge in [-0.2, -0.15) is 0 Å². The van der Waals surface area contributed by atoms with Gasteiger partial charge in [-0.15, -0.1) is 0 Å². The summed E-state index contributed by atoms with van der Waals surface area (Å²) in [4.78, 5) is 0. The molecule has 1 aromatic rings. The number of methoxy groups -OCH3 is 1. The minimum absolute atomic E-state index is 0.491. The molecule has 1 unspecified atom stereocenters. The van der Waals surface area contributed by atoms with Crippen LogP contribution in [-0.2, 0) is 0 Å². The summed E-state index contributed by atoms with van der Waals surface area (Å²) >= 11 is 0. The van der Waals surface area contributed by atoms with Crippen LogP contribution in [0.1, 0.15) is 31.4 Å². The average molecular weight is 195 g/mol. The van der Waals surface area contributed by atoms with Crippen molar-refractivity contribution < 1.29 is 9.84 Å². The lowest BCUT2D eigenvalue weighted by Crippen LogP contribution is -2.03. The molecule has 78 valence electrons. The summed E-state index contributed by atoms with van der Waals surface area (Å²) in [6.45, 7) is 2.03. The van der Waals surface area contributed by atoms with E-state index in [-0.39, 0.29) is 0 Å². The molecule has 14 heavy (non-hydrogen) atoms. The van der Waals surface area contributed by atoms with Gasteiger partial charge in [0, 0.05) is 5.56 Å². The molecule has 3 heteroatoms. The third-order valence-electron chi connectivity index (χ3n) is 2.24. The Kier molecular flexibility index (Phi) is 3.77. The Morgan fingerprint density at radius 3 is 2.79 bits per heavy atom. The normalized spacial score (nSPS) is 12.5. The smallest absolute Gasteiger partial charge is 0.142 e. The maximum absolute atomic E-state index is 9.79. The van der Waals surface area contributed by atoms with Crippen LogP contribution >= 0.6 is 0 Å². The average Bonchev–Trinajstić information content (AvgIpc) is 2.18. The zero-order chi connectivity index (χ0) is 10.6. The molecule has 1 aromatic carbocycles. The molecule has 0 radical (unpaired) electrons. The van der Waals surface area contributed by atoms with Gasteiger partial charge in [-0.3, -0.25) is 0 Å². The third-order valence-corrected chi connectivity index (χ3v) is 2.24. The molecule has 1 rings (SSSR count). The Balaban J connectivity index is 2.96. The van der Waals surface area contributed by atoms with Gasteiger partial charge in [-0.25, -0.2) is 0 Å². The van der Waals surface area contributed by atoms with Gasteiger partial charge in [0.1, 0.15) is 5.75 Å². The number of ether oxygens (including phenoxy) is 1. The topological polar surface area (TPSA) is 55.5 Å². The number of hydrogen-bond donors (Lipinski definition) is 2.